The summed E-state index contributed by atoms with van der Waals surface area (Å²) in [5.41, 5.74) is 4.26. The molecular weight excluding hydrogens is 348 g/mol. The molecule has 1 heterocycles. The van der Waals surface area contributed by atoms with Crippen LogP contribution in [0.3, 0.4) is 0 Å². The van der Waals surface area contributed by atoms with Gasteiger partial charge in [-0.3, -0.25) is 14.4 Å². The van der Waals surface area contributed by atoms with Crippen molar-refractivity contribution in [2.45, 2.75) is 57.4 Å². The van der Waals surface area contributed by atoms with Crippen molar-refractivity contribution in [3.8, 4) is 0 Å². The number of aryl methyl sites for hydroxylation is 1. The van der Waals surface area contributed by atoms with Gasteiger partial charge in [-0.05, 0) is 44.7 Å². The van der Waals surface area contributed by atoms with E-state index < -0.39 is 6.04 Å². The molecule has 1 aliphatic heterocycles. The van der Waals surface area contributed by atoms with Gasteiger partial charge in [-0.25, -0.2) is 5.48 Å². The summed E-state index contributed by atoms with van der Waals surface area (Å²) >= 11 is 1.74. The second kappa shape index (κ2) is 8.91. The molecule has 1 saturated carbocycles. The van der Waals surface area contributed by atoms with Crippen LogP contribution in [0.1, 0.15) is 54.9 Å². The maximum absolute atomic E-state index is 13.3. The highest BCUT2D eigenvalue weighted by Crippen LogP contribution is 2.41. The van der Waals surface area contributed by atoms with Crippen LogP contribution >= 0.6 is 11.8 Å². The molecule has 6 heteroatoms. The van der Waals surface area contributed by atoms with E-state index in [1.807, 2.05) is 43.0 Å². The average Bonchev–Trinajstić information content (AvgIpc) is 3.12. The normalized spacial score (nSPS) is 23.8. The van der Waals surface area contributed by atoms with Crippen molar-refractivity contribution in [2.75, 3.05) is 12.4 Å². The minimum absolute atomic E-state index is 0.0535. The Kier molecular flexibility index (Phi) is 6.59. The van der Waals surface area contributed by atoms with Crippen LogP contribution in [0.2, 0.25) is 0 Å². The number of thioether (sulfide) groups is 1. The molecular formula is C20H28N2O3S. The number of carbonyl (C=O) groups is 2. The topological polar surface area (TPSA) is 58.6 Å². The van der Waals surface area contributed by atoms with E-state index in [1.165, 1.54) is 19.3 Å². The van der Waals surface area contributed by atoms with Crippen LogP contribution < -0.4 is 5.48 Å². The lowest BCUT2D eigenvalue weighted by Gasteiger charge is -2.35. The van der Waals surface area contributed by atoms with Crippen molar-refractivity contribution in [3.05, 3.63) is 35.4 Å². The van der Waals surface area contributed by atoms with Crippen LogP contribution in [0.25, 0.3) is 0 Å². The van der Waals surface area contributed by atoms with E-state index in [0.717, 1.165) is 18.4 Å². The number of nitrogens with zero attached hydrogens (tertiary/aromatic N) is 1. The Morgan fingerprint density at radius 3 is 2.54 bits per heavy atom. The van der Waals surface area contributed by atoms with E-state index in [2.05, 4.69) is 5.48 Å². The second-order valence-corrected chi connectivity index (χ2v) is 8.27. The van der Waals surface area contributed by atoms with Crippen molar-refractivity contribution in [3.63, 3.8) is 0 Å². The van der Waals surface area contributed by atoms with Gasteiger partial charge >= 0.3 is 0 Å². The Labute approximate surface area is 159 Å². The van der Waals surface area contributed by atoms with Gasteiger partial charge in [-0.1, -0.05) is 37.0 Å². The Bertz CT molecular complexity index is 628. The molecule has 0 spiro atoms. The Balaban J connectivity index is 1.84. The fourth-order valence-electron chi connectivity index (χ4n) is 3.83. The SMILES string of the molecule is CCONC(=O)[C@@H]1CS[C@H](C2CCCCC2)N1C(=O)c1ccc(C)cc1. The first kappa shape index (κ1) is 19.2. The van der Waals surface area contributed by atoms with Gasteiger partial charge in [0.1, 0.15) is 6.04 Å². The molecule has 1 aliphatic carbocycles. The standard InChI is InChI=1S/C20H28N2O3S/c1-3-25-21-18(23)17-13-26-20(16-7-5-4-6-8-16)22(17)19(24)15-11-9-14(2)10-12-15/h9-12,16-17,20H,3-8,13H2,1-2H3,(H,21,23)/t17-,20+/m0/s1. The number of carbonyl (C=O) groups excluding carboxylic acids is 2. The van der Waals surface area contributed by atoms with Crippen molar-refractivity contribution in [2.24, 2.45) is 5.92 Å². The summed E-state index contributed by atoms with van der Waals surface area (Å²) in [6.45, 7) is 4.23. The highest BCUT2D eigenvalue weighted by molar-refractivity contribution is 8.00. The minimum Gasteiger partial charge on any atom is -0.313 e. The molecule has 2 amide bonds. The van der Waals surface area contributed by atoms with Gasteiger partial charge in [0.15, 0.2) is 0 Å². The monoisotopic (exact) mass is 376 g/mol. The molecule has 1 saturated heterocycles. The highest BCUT2D eigenvalue weighted by Gasteiger charge is 2.45. The van der Waals surface area contributed by atoms with Gasteiger partial charge < -0.3 is 4.90 Å². The fraction of sp³-hybridized carbons (Fsp3) is 0.600. The van der Waals surface area contributed by atoms with Crippen molar-refractivity contribution >= 4 is 23.6 Å². The van der Waals surface area contributed by atoms with E-state index >= 15 is 0 Å². The van der Waals surface area contributed by atoms with E-state index in [9.17, 15) is 9.59 Å². The highest BCUT2D eigenvalue weighted by atomic mass is 32.2. The summed E-state index contributed by atoms with van der Waals surface area (Å²) < 4.78 is 0. The molecule has 2 atom stereocenters. The summed E-state index contributed by atoms with van der Waals surface area (Å²) in [5.74, 6) is 0.811. The van der Waals surface area contributed by atoms with Crippen molar-refractivity contribution in [1.29, 1.82) is 0 Å². The number of benzene rings is 1. The molecule has 1 aromatic rings. The summed E-state index contributed by atoms with van der Waals surface area (Å²) in [4.78, 5) is 32.8. The Hall–Kier alpha value is -1.53. The van der Waals surface area contributed by atoms with Gasteiger partial charge in [-0.15, -0.1) is 11.8 Å². The number of hydroxylamine groups is 1. The van der Waals surface area contributed by atoms with E-state index in [4.69, 9.17) is 4.84 Å². The first-order chi connectivity index (χ1) is 12.6. The fourth-order valence-corrected chi connectivity index (χ4v) is 5.46. The molecule has 0 radical (unpaired) electrons. The third-order valence-corrected chi connectivity index (χ3v) is 6.70. The number of rotatable bonds is 5. The predicted molar refractivity (Wildman–Crippen MR) is 104 cm³/mol. The summed E-state index contributed by atoms with van der Waals surface area (Å²) in [5, 5.41) is 0.0708. The van der Waals surface area contributed by atoms with E-state index in [1.54, 1.807) is 11.8 Å². The van der Waals surface area contributed by atoms with Crippen LogP contribution in [0, 0.1) is 12.8 Å². The van der Waals surface area contributed by atoms with Gasteiger partial charge in [0, 0.05) is 11.3 Å². The third kappa shape index (κ3) is 4.23. The molecule has 0 bridgehead atoms. The van der Waals surface area contributed by atoms with Gasteiger partial charge in [0.2, 0.25) is 0 Å². The van der Waals surface area contributed by atoms with Crippen LogP contribution in [-0.2, 0) is 9.63 Å². The van der Waals surface area contributed by atoms with Gasteiger partial charge in [-0.2, -0.15) is 0 Å². The summed E-state index contributed by atoms with van der Waals surface area (Å²) in [7, 11) is 0. The van der Waals surface area contributed by atoms with E-state index in [0.29, 0.717) is 23.8 Å². The van der Waals surface area contributed by atoms with Crippen LogP contribution in [0.5, 0.6) is 0 Å². The van der Waals surface area contributed by atoms with Gasteiger partial charge in [0.25, 0.3) is 11.8 Å². The summed E-state index contributed by atoms with van der Waals surface area (Å²) in [6, 6.07) is 7.13. The smallest absolute Gasteiger partial charge is 0.267 e. The van der Waals surface area contributed by atoms with E-state index in [-0.39, 0.29) is 17.2 Å². The number of nitrogens with one attached hydrogen (secondary N) is 1. The molecule has 0 aromatic heterocycles. The quantitative estimate of drug-likeness (QED) is 0.799. The maximum atomic E-state index is 13.3. The number of amides is 2. The minimum atomic E-state index is -0.479. The van der Waals surface area contributed by atoms with Crippen molar-refractivity contribution in [1.82, 2.24) is 10.4 Å². The molecule has 1 N–H and O–H groups in total. The molecule has 2 aliphatic rings. The maximum Gasteiger partial charge on any atom is 0.267 e. The number of hydrogen-bond donors (Lipinski definition) is 1. The molecule has 26 heavy (non-hydrogen) atoms. The zero-order valence-electron chi connectivity index (χ0n) is 15.6. The van der Waals surface area contributed by atoms with Crippen LogP contribution in [-0.4, -0.2) is 40.5 Å². The van der Waals surface area contributed by atoms with Crippen molar-refractivity contribution < 1.29 is 14.4 Å². The first-order valence-electron chi connectivity index (χ1n) is 9.54. The lowest BCUT2D eigenvalue weighted by atomic mass is 9.88. The molecule has 5 nitrogen and oxygen atoms in total. The van der Waals surface area contributed by atoms with Crippen LogP contribution in [0.15, 0.2) is 24.3 Å². The largest absolute Gasteiger partial charge is 0.313 e. The lowest BCUT2D eigenvalue weighted by molar-refractivity contribution is -0.137. The van der Waals surface area contributed by atoms with Gasteiger partial charge in [0.05, 0.1) is 12.0 Å². The third-order valence-electron chi connectivity index (χ3n) is 5.24. The average molecular weight is 377 g/mol. The number of hydrogen-bond acceptors (Lipinski definition) is 4. The predicted octanol–water partition coefficient (Wildman–Crippen LogP) is 3.53. The zero-order chi connectivity index (χ0) is 18.5. The molecule has 2 fully saturated rings. The van der Waals surface area contributed by atoms with Crippen LogP contribution in [0.4, 0.5) is 0 Å². The Morgan fingerprint density at radius 2 is 1.88 bits per heavy atom. The molecule has 142 valence electrons. The molecule has 1 aromatic carbocycles. The molecule has 3 rings (SSSR count). The lowest BCUT2D eigenvalue weighted by Crippen LogP contribution is -2.51. The second-order valence-electron chi connectivity index (χ2n) is 7.12. The molecule has 0 unspecified atom stereocenters. The summed E-state index contributed by atoms with van der Waals surface area (Å²) in [6.07, 6.45) is 5.96. The Morgan fingerprint density at radius 1 is 1.19 bits per heavy atom. The zero-order valence-corrected chi connectivity index (χ0v) is 16.4. The first-order valence-corrected chi connectivity index (χ1v) is 10.6.